The Morgan fingerprint density at radius 3 is 2.83 bits per heavy atom. The summed E-state index contributed by atoms with van der Waals surface area (Å²) in [5, 5.41) is 10.3. The van der Waals surface area contributed by atoms with E-state index >= 15 is 0 Å². The molecule has 1 N–H and O–H groups in total. The van der Waals surface area contributed by atoms with Gasteiger partial charge in [-0.3, -0.25) is 0 Å². The molecule has 0 aliphatic rings. The van der Waals surface area contributed by atoms with Gasteiger partial charge in [0, 0.05) is 5.57 Å². The fourth-order valence-corrected chi connectivity index (χ4v) is 0.577. The van der Waals surface area contributed by atoms with Crippen molar-refractivity contribution in [3.05, 3.63) is 11.0 Å². The number of hydrogen-bond acceptors (Lipinski definition) is 4. The van der Waals surface area contributed by atoms with Crippen LogP contribution in [0.25, 0.3) is 0 Å². The molecule has 0 aromatic heterocycles. The van der Waals surface area contributed by atoms with Gasteiger partial charge in [0.15, 0.2) is 0 Å². The van der Waals surface area contributed by atoms with E-state index in [-0.39, 0.29) is 12.5 Å². The number of aliphatic hydroxyl groups excluding tert-OH is 1. The molecule has 0 radical (unpaired) electrons. The molecule has 0 fully saturated rings. The van der Waals surface area contributed by atoms with Crippen LogP contribution in [0.4, 0.5) is 0 Å². The summed E-state index contributed by atoms with van der Waals surface area (Å²) < 4.78 is 4.66. The predicted molar refractivity (Wildman–Crippen MR) is 50.4 cm³/mol. The van der Waals surface area contributed by atoms with Crippen molar-refractivity contribution < 1.29 is 14.6 Å². The number of thiol groups is 1. The topological polar surface area (TPSA) is 46.5 Å². The summed E-state index contributed by atoms with van der Waals surface area (Å²) >= 11 is 9.05. The molecule has 70 valence electrons. The summed E-state index contributed by atoms with van der Waals surface area (Å²) in [6.07, 6.45) is -0.802. The molecule has 0 heterocycles. The SMILES string of the molecule is C/C(=C\S)C(=O)OCC(O)CCl. The Hall–Kier alpha value is -0.190. The van der Waals surface area contributed by atoms with Gasteiger partial charge in [-0.25, -0.2) is 4.79 Å². The lowest BCUT2D eigenvalue weighted by atomic mass is 10.3. The van der Waals surface area contributed by atoms with Gasteiger partial charge >= 0.3 is 5.97 Å². The first kappa shape index (κ1) is 11.8. The molecule has 1 unspecified atom stereocenters. The van der Waals surface area contributed by atoms with Crippen LogP contribution in [-0.4, -0.2) is 29.7 Å². The van der Waals surface area contributed by atoms with Gasteiger partial charge in [0.2, 0.25) is 0 Å². The Balaban J connectivity index is 3.72. The second-order valence-electron chi connectivity index (χ2n) is 2.22. The van der Waals surface area contributed by atoms with Crippen LogP contribution < -0.4 is 0 Å². The zero-order valence-corrected chi connectivity index (χ0v) is 8.31. The van der Waals surface area contributed by atoms with E-state index in [1.54, 1.807) is 6.92 Å². The fraction of sp³-hybridized carbons (Fsp3) is 0.571. The molecule has 0 aliphatic carbocycles. The smallest absolute Gasteiger partial charge is 0.334 e. The molecule has 0 aromatic carbocycles. The van der Waals surface area contributed by atoms with Crippen LogP contribution in [0.2, 0.25) is 0 Å². The zero-order valence-electron chi connectivity index (χ0n) is 6.66. The van der Waals surface area contributed by atoms with Gasteiger partial charge in [-0.2, -0.15) is 12.6 Å². The van der Waals surface area contributed by atoms with E-state index in [0.29, 0.717) is 5.57 Å². The van der Waals surface area contributed by atoms with E-state index in [0.717, 1.165) is 0 Å². The van der Waals surface area contributed by atoms with Gasteiger partial charge in [0.05, 0.1) is 5.88 Å². The standard InChI is InChI=1S/C7H11ClO3S/c1-5(4-12)7(10)11-3-6(9)2-8/h4,6,9,12H,2-3H2,1H3/b5-4+. The minimum absolute atomic E-state index is 0.0525. The van der Waals surface area contributed by atoms with Crippen LogP contribution in [0.15, 0.2) is 11.0 Å². The molecule has 3 nitrogen and oxygen atoms in total. The third-order valence-electron chi connectivity index (χ3n) is 1.10. The highest BCUT2D eigenvalue weighted by molar-refractivity contribution is 7.83. The van der Waals surface area contributed by atoms with Crippen molar-refractivity contribution in [3.63, 3.8) is 0 Å². The monoisotopic (exact) mass is 210 g/mol. The number of hydrogen-bond donors (Lipinski definition) is 2. The number of carbonyl (C=O) groups is 1. The summed E-state index contributed by atoms with van der Waals surface area (Å²) in [6, 6.07) is 0. The predicted octanol–water partition coefficient (Wildman–Crippen LogP) is 0.963. The molecular formula is C7H11ClO3S. The minimum atomic E-state index is -0.802. The molecule has 5 heteroatoms. The van der Waals surface area contributed by atoms with E-state index in [4.69, 9.17) is 16.7 Å². The van der Waals surface area contributed by atoms with Crippen molar-refractivity contribution in [2.75, 3.05) is 12.5 Å². The average molecular weight is 211 g/mol. The molecular weight excluding hydrogens is 200 g/mol. The number of aliphatic hydroxyl groups is 1. The van der Waals surface area contributed by atoms with E-state index in [1.807, 2.05) is 0 Å². The molecule has 0 bridgehead atoms. The maximum absolute atomic E-state index is 10.9. The number of carbonyl (C=O) groups excluding carboxylic acids is 1. The first-order valence-corrected chi connectivity index (χ1v) is 4.39. The molecule has 1 atom stereocenters. The van der Waals surface area contributed by atoms with Crippen molar-refractivity contribution in [2.24, 2.45) is 0 Å². The molecule has 0 aliphatic heterocycles. The normalized spacial score (nSPS) is 14.2. The summed E-state index contributed by atoms with van der Waals surface area (Å²) in [5.74, 6) is -0.439. The Morgan fingerprint density at radius 1 is 1.83 bits per heavy atom. The lowest BCUT2D eigenvalue weighted by Crippen LogP contribution is -2.20. The summed E-state index contributed by atoms with van der Waals surface area (Å²) in [7, 11) is 0. The quantitative estimate of drug-likeness (QED) is 0.315. The molecule has 0 spiro atoms. The van der Waals surface area contributed by atoms with Gasteiger partial charge in [-0.05, 0) is 12.3 Å². The van der Waals surface area contributed by atoms with Crippen LogP contribution in [-0.2, 0) is 9.53 Å². The van der Waals surface area contributed by atoms with Crippen molar-refractivity contribution >= 4 is 30.2 Å². The van der Waals surface area contributed by atoms with Crippen molar-refractivity contribution in [2.45, 2.75) is 13.0 Å². The van der Waals surface area contributed by atoms with Crippen LogP contribution in [0.3, 0.4) is 0 Å². The minimum Gasteiger partial charge on any atom is -0.460 e. The highest BCUT2D eigenvalue weighted by atomic mass is 35.5. The van der Waals surface area contributed by atoms with E-state index in [9.17, 15) is 4.79 Å². The first-order valence-electron chi connectivity index (χ1n) is 3.34. The Labute approximate surface area is 81.8 Å². The molecule has 0 rings (SSSR count). The first-order chi connectivity index (χ1) is 5.61. The van der Waals surface area contributed by atoms with Crippen molar-refractivity contribution in [1.82, 2.24) is 0 Å². The second kappa shape index (κ2) is 6.34. The molecule has 0 saturated heterocycles. The van der Waals surface area contributed by atoms with E-state index in [2.05, 4.69) is 17.4 Å². The lowest BCUT2D eigenvalue weighted by molar-refractivity contribution is -0.141. The summed E-state index contributed by atoms with van der Waals surface area (Å²) in [4.78, 5) is 10.9. The molecule has 0 saturated carbocycles. The summed E-state index contributed by atoms with van der Waals surface area (Å²) in [5.41, 5.74) is 0.389. The Kier molecular flexibility index (Phi) is 6.24. The van der Waals surface area contributed by atoms with Crippen LogP contribution in [0, 0.1) is 0 Å². The maximum Gasteiger partial charge on any atom is 0.334 e. The number of alkyl halides is 1. The van der Waals surface area contributed by atoms with Gasteiger partial charge in [0.25, 0.3) is 0 Å². The largest absolute Gasteiger partial charge is 0.460 e. The van der Waals surface area contributed by atoms with Crippen LogP contribution in [0.5, 0.6) is 0 Å². The maximum atomic E-state index is 10.9. The number of esters is 1. The molecule has 0 amide bonds. The van der Waals surface area contributed by atoms with Gasteiger partial charge in [0.1, 0.15) is 12.7 Å². The highest BCUT2D eigenvalue weighted by Gasteiger charge is 2.08. The second-order valence-corrected chi connectivity index (χ2v) is 2.79. The van der Waals surface area contributed by atoms with Crippen molar-refractivity contribution in [3.8, 4) is 0 Å². The highest BCUT2D eigenvalue weighted by Crippen LogP contribution is 1.99. The van der Waals surface area contributed by atoms with Crippen molar-refractivity contribution in [1.29, 1.82) is 0 Å². The zero-order chi connectivity index (χ0) is 9.56. The number of rotatable bonds is 4. The van der Waals surface area contributed by atoms with E-state index < -0.39 is 12.1 Å². The van der Waals surface area contributed by atoms with Crippen LogP contribution in [0.1, 0.15) is 6.92 Å². The third-order valence-corrected chi connectivity index (χ3v) is 1.84. The van der Waals surface area contributed by atoms with Gasteiger partial charge in [-0.1, -0.05) is 0 Å². The van der Waals surface area contributed by atoms with E-state index in [1.165, 1.54) is 5.41 Å². The molecule has 12 heavy (non-hydrogen) atoms. The van der Waals surface area contributed by atoms with Gasteiger partial charge in [-0.15, -0.1) is 11.6 Å². The number of ether oxygens (including phenoxy) is 1. The van der Waals surface area contributed by atoms with Crippen LogP contribution >= 0.6 is 24.2 Å². The third kappa shape index (κ3) is 4.64. The number of halogens is 1. The fourth-order valence-electron chi connectivity index (χ4n) is 0.383. The Morgan fingerprint density at radius 2 is 2.42 bits per heavy atom. The summed E-state index contributed by atoms with van der Waals surface area (Å²) in [6.45, 7) is 1.49. The lowest BCUT2D eigenvalue weighted by Gasteiger charge is -2.07. The average Bonchev–Trinajstić information content (AvgIpc) is 2.11. The Bertz CT molecular complexity index is 181. The van der Waals surface area contributed by atoms with Gasteiger partial charge < -0.3 is 9.84 Å². The molecule has 0 aromatic rings.